The highest BCUT2D eigenvalue weighted by Gasteiger charge is 2.40. The van der Waals surface area contributed by atoms with Crippen LogP contribution in [-0.2, 0) is 14.1 Å². The summed E-state index contributed by atoms with van der Waals surface area (Å²) in [6.45, 7) is 20.0. The molecule has 0 spiro atoms. The van der Waals surface area contributed by atoms with Gasteiger partial charge in [0.25, 0.3) is 0 Å². The average Bonchev–Trinajstić information content (AvgIpc) is 2.67. The zero-order chi connectivity index (χ0) is 24.2. The maximum Gasteiger partial charge on any atom is 0.307 e. The van der Waals surface area contributed by atoms with Gasteiger partial charge in [0.15, 0.2) is 0 Å². The van der Waals surface area contributed by atoms with Crippen LogP contribution in [0.2, 0.25) is 0 Å². The van der Waals surface area contributed by atoms with Crippen molar-refractivity contribution in [2.75, 3.05) is 13.1 Å². The predicted molar refractivity (Wildman–Crippen MR) is 134 cm³/mol. The van der Waals surface area contributed by atoms with Crippen molar-refractivity contribution < 1.29 is 14.1 Å². The van der Waals surface area contributed by atoms with Crippen LogP contribution in [0.25, 0.3) is 0 Å². The van der Waals surface area contributed by atoms with E-state index in [2.05, 4.69) is 65.2 Å². The Morgan fingerprint density at radius 2 is 1.35 bits per heavy atom. The summed E-state index contributed by atoms with van der Waals surface area (Å²) < 4.78 is 4.56. The van der Waals surface area contributed by atoms with Gasteiger partial charge in [0.2, 0.25) is 5.91 Å². The van der Waals surface area contributed by atoms with Gasteiger partial charge in [0, 0.05) is 19.4 Å². The number of rotatable bonds is 16. The molecule has 0 aromatic rings. The molecule has 0 saturated carbocycles. The summed E-state index contributed by atoms with van der Waals surface area (Å²) in [4.78, 5) is 23.4. The molecule has 0 rings (SSSR count). The van der Waals surface area contributed by atoms with Crippen molar-refractivity contribution in [3.8, 4) is 0 Å². The van der Waals surface area contributed by atoms with Crippen LogP contribution in [0.4, 0.5) is 0 Å². The summed E-state index contributed by atoms with van der Waals surface area (Å²) in [6.07, 6.45) is 5.55. The van der Waals surface area contributed by atoms with Crippen LogP contribution in [0.1, 0.15) is 100 Å². The molecule has 5 nitrogen and oxygen atoms in total. The van der Waals surface area contributed by atoms with Crippen LogP contribution in [-0.4, -0.2) is 25.0 Å². The fourth-order valence-corrected chi connectivity index (χ4v) is 4.24. The molecule has 0 aliphatic carbocycles. The Kier molecular flexibility index (Phi) is 14.2. The Labute approximate surface area is 194 Å². The third kappa shape index (κ3) is 11.7. The molecule has 0 aliphatic heterocycles. The molecule has 0 aliphatic rings. The van der Waals surface area contributed by atoms with E-state index >= 15 is 0 Å². The first-order valence-electron chi connectivity index (χ1n) is 12.1. The second-order valence-electron chi connectivity index (χ2n) is 11.3. The van der Waals surface area contributed by atoms with E-state index in [0.717, 1.165) is 45.2 Å². The monoisotopic (exact) mass is 458 g/mol. The van der Waals surface area contributed by atoms with Crippen LogP contribution < -0.4 is 11.1 Å². The van der Waals surface area contributed by atoms with Gasteiger partial charge < -0.3 is 15.6 Å². The van der Waals surface area contributed by atoms with Crippen molar-refractivity contribution in [1.82, 2.24) is 5.32 Å². The molecular formula is C25H51N2O3P. The quantitative estimate of drug-likeness (QED) is 0.229. The molecule has 184 valence electrons. The van der Waals surface area contributed by atoms with Gasteiger partial charge >= 0.3 is 5.97 Å². The van der Waals surface area contributed by atoms with E-state index in [4.69, 9.17) is 5.73 Å². The lowest BCUT2D eigenvalue weighted by Gasteiger charge is -2.47. The maximum absolute atomic E-state index is 12.3. The number of carbonyl (C=O) groups excluding carboxylic acids is 2. The molecule has 0 fully saturated rings. The smallest absolute Gasteiger partial charge is 0.307 e. The summed E-state index contributed by atoms with van der Waals surface area (Å²) in [5.41, 5.74) is 6.37. The molecular weight excluding hydrogens is 407 g/mol. The summed E-state index contributed by atoms with van der Waals surface area (Å²) in [7, 11) is 1.98. The molecule has 0 saturated heterocycles. The highest BCUT2D eigenvalue weighted by atomic mass is 31.0. The second kappa shape index (κ2) is 14.5. The van der Waals surface area contributed by atoms with Gasteiger partial charge in [-0.15, -0.1) is 0 Å². The first-order chi connectivity index (χ1) is 14.3. The highest BCUT2D eigenvalue weighted by Crippen LogP contribution is 2.48. The third-order valence-electron chi connectivity index (χ3n) is 7.54. The Bertz CT molecular complexity index is 533. The topological polar surface area (TPSA) is 81.4 Å². The molecule has 0 bridgehead atoms. The van der Waals surface area contributed by atoms with Gasteiger partial charge in [-0.25, -0.2) is 0 Å². The van der Waals surface area contributed by atoms with Gasteiger partial charge in [-0.3, -0.25) is 9.59 Å². The van der Waals surface area contributed by atoms with Gasteiger partial charge in [0.1, 0.15) is 0 Å². The summed E-state index contributed by atoms with van der Waals surface area (Å²) >= 11 is 0. The van der Waals surface area contributed by atoms with Crippen LogP contribution in [0, 0.1) is 34.5 Å². The summed E-state index contributed by atoms with van der Waals surface area (Å²) in [6, 6.07) is 0. The van der Waals surface area contributed by atoms with E-state index < -0.39 is 0 Å². The third-order valence-corrected chi connectivity index (χ3v) is 7.81. The van der Waals surface area contributed by atoms with Crippen LogP contribution in [0.3, 0.4) is 0 Å². The molecule has 3 atom stereocenters. The number of carbonyl (C=O) groups is 2. The Balaban J connectivity index is 4.69. The lowest BCUT2D eigenvalue weighted by Crippen LogP contribution is -2.41. The number of nitrogens with one attached hydrogen (secondary N) is 1. The first-order valence-corrected chi connectivity index (χ1v) is 12.6. The number of nitrogens with two attached hydrogens (primary N) is 1. The minimum absolute atomic E-state index is 0.111. The molecule has 6 heteroatoms. The normalized spacial score (nSPS) is 14.6. The van der Waals surface area contributed by atoms with E-state index in [1.54, 1.807) is 0 Å². The van der Waals surface area contributed by atoms with Crippen molar-refractivity contribution in [1.29, 1.82) is 0 Å². The van der Waals surface area contributed by atoms with E-state index in [0.29, 0.717) is 36.5 Å². The summed E-state index contributed by atoms with van der Waals surface area (Å²) in [5.74, 6) is 1.95. The lowest BCUT2D eigenvalue weighted by atomic mass is 9.59. The average molecular weight is 459 g/mol. The molecule has 3 N–H and O–H groups in total. The van der Waals surface area contributed by atoms with E-state index in [-0.39, 0.29) is 22.7 Å². The van der Waals surface area contributed by atoms with Crippen LogP contribution in [0.15, 0.2) is 0 Å². The Hall–Kier alpha value is -0.670. The molecule has 0 aromatic carbocycles. The summed E-state index contributed by atoms with van der Waals surface area (Å²) in [5, 5.41) is 3.17. The Morgan fingerprint density at radius 1 is 0.871 bits per heavy atom. The highest BCUT2D eigenvalue weighted by molar-refractivity contribution is 7.10. The molecule has 0 aromatic heterocycles. The minimum Gasteiger partial charge on any atom is -0.452 e. The standard InChI is InChI=1S/C25H51N2O3P/c1-18(2)20(16-26)14-24(5,6)25(7,8)15-21(19(3)4)17-27-22(28)12-10-9-11-13-23(29)30-31/h18-21H,9-17,26,31H2,1-8H3,(H,27,28). The zero-order valence-electron chi connectivity index (χ0n) is 21.6. The van der Waals surface area contributed by atoms with E-state index in [1.807, 2.05) is 9.47 Å². The van der Waals surface area contributed by atoms with Crippen molar-refractivity contribution in [2.24, 2.45) is 40.2 Å². The second-order valence-corrected chi connectivity index (χ2v) is 11.5. The molecule has 31 heavy (non-hydrogen) atoms. The zero-order valence-corrected chi connectivity index (χ0v) is 22.7. The van der Waals surface area contributed by atoms with Crippen LogP contribution >= 0.6 is 9.47 Å². The molecule has 3 unspecified atom stereocenters. The number of hydrogen-bond acceptors (Lipinski definition) is 4. The van der Waals surface area contributed by atoms with E-state index in [1.165, 1.54) is 0 Å². The minimum atomic E-state index is -0.217. The predicted octanol–water partition coefficient (Wildman–Crippen LogP) is 5.72. The first kappa shape index (κ1) is 30.3. The van der Waals surface area contributed by atoms with Crippen molar-refractivity contribution in [2.45, 2.75) is 100 Å². The van der Waals surface area contributed by atoms with Crippen molar-refractivity contribution in [3.05, 3.63) is 0 Å². The number of unbranched alkanes of at least 4 members (excludes halogenated alkanes) is 2. The SMILES string of the molecule is CC(C)C(CN)CC(C)(C)C(C)(C)CC(CNC(=O)CCCCCC(=O)OP)C(C)C. The molecule has 0 radical (unpaired) electrons. The van der Waals surface area contributed by atoms with Gasteiger partial charge in [0.05, 0.1) is 9.47 Å². The van der Waals surface area contributed by atoms with Gasteiger partial charge in [-0.2, -0.15) is 0 Å². The fourth-order valence-electron chi connectivity index (χ4n) is 4.12. The largest absolute Gasteiger partial charge is 0.452 e. The fraction of sp³-hybridized carbons (Fsp3) is 0.920. The van der Waals surface area contributed by atoms with E-state index in [9.17, 15) is 9.59 Å². The number of hydrogen-bond donors (Lipinski definition) is 2. The van der Waals surface area contributed by atoms with Gasteiger partial charge in [-0.1, -0.05) is 61.8 Å². The van der Waals surface area contributed by atoms with Crippen molar-refractivity contribution >= 4 is 21.3 Å². The Morgan fingerprint density at radius 3 is 1.81 bits per heavy atom. The maximum atomic E-state index is 12.3. The molecule has 0 heterocycles. The lowest BCUT2D eigenvalue weighted by molar-refractivity contribution is -0.133. The van der Waals surface area contributed by atoms with Crippen molar-refractivity contribution in [3.63, 3.8) is 0 Å². The molecule has 1 amide bonds. The van der Waals surface area contributed by atoms with Crippen LogP contribution in [0.5, 0.6) is 0 Å². The number of amides is 1. The van der Waals surface area contributed by atoms with Gasteiger partial charge in [-0.05, 0) is 66.7 Å².